The van der Waals surface area contributed by atoms with Crippen molar-refractivity contribution in [1.82, 2.24) is 0 Å². The summed E-state index contributed by atoms with van der Waals surface area (Å²) in [6.45, 7) is 5.76. The number of rotatable bonds is 9. The fourth-order valence-electron chi connectivity index (χ4n) is 1.15. The molecule has 2 N–H and O–H groups in total. The predicted octanol–water partition coefficient (Wildman–Crippen LogP) is 1.49. The van der Waals surface area contributed by atoms with Gasteiger partial charge < -0.3 is 14.9 Å². The molecule has 0 aromatic heterocycles. The molecule has 0 radical (unpaired) electrons. The van der Waals surface area contributed by atoms with Crippen molar-refractivity contribution in [2.45, 2.75) is 44.8 Å². The molecule has 0 aliphatic rings. The molecule has 0 amide bonds. The quantitative estimate of drug-likeness (QED) is 0.440. The summed E-state index contributed by atoms with van der Waals surface area (Å²) in [4.78, 5) is 0. The van der Waals surface area contributed by atoms with Crippen LogP contribution in [0, 0.1) is 0 Å². The van der Waals surface area contributed by atoms with Crippen LogP contribution >= 0.6 is 0 Å². The van der Waals surface area contributed by atoms with Crippen LogP contribution in [0.5, 0.6) is 0 Å². The molecule has 0 aromatic carbocycles. The van der Waals surface area contributed by atoms with Gasteiger partial charge in [0.1, 0.15) is 6.10 Å². The Morgan fingerprint density at radius 1 is 1.43 bits per heavy atom. The molecule has 3 heteroatoms. The Hall–Kier alpha value is -0.380. The maximum absolute atomic E-state index is 9.06. The Labute approximate surface area is 86.4 Å². The summed E-state index contributed by atoms with van der Waals surface area (Å²) < 4.78 is 5.36. The summed E-state index contributed by atoms with van der Waals surface area (Å²) in [7, 11) is 0. The van der Waals surface area contributed by atoms with E-state index in [2.05, 4.69) is 13.5 Å². The summed E-state index contributed by atoms with van der Waals surface area (Å²) in [6.07, 6.45) is 5.41. The first-order valence-electron chi connectivity index (χ1n) is 5.27. The van der Waals surface area contributed by atoms with Crippen molar-refractivity contribution >= 4 is 0 Å². The zero-order chi connectivity index (χ0) is 10.8. The molecule has 0 aliphatic heterocycles. The number of unbranched alkanes of at least 4 members (excludes halogenated alkanes) is 2. The second-order valence-electron chi connectivity index (χ2n) is 3.44. The predicted molar refractivity (Wildman–Crippen MR) is 57.2 cm³/mol. The molecule has 0 saturated carbocycles. The molecule has 0 aliphatic carbocycles. The van der Waals surface area contributed by atoms with Crippen LogP contribution in [0.1, 0.15) is 32.6 Å². The zero-order valence-corrected chi connectivity index (χ0v) is 8.98. The normalized spacial score (nSPS) is 15.1. The summed E-state index contributed by atoms with van der Waals surface area (Å²) >= 11 is 0. The van der Waals surface area contributed by atoms with E-state index in [9.17, 15) is 0 Å². The molecular weight excluding hydrogens is 180 g/mol. The van der Waals surface area contributed by atoms with E-state index in [-0.39, 0.29) is 19.3 Å². The smallest absolute Gasteiger partial charge is 0.100 e. The van der Waals surface area contributed by atoms with Crippen molar-refractivity contribution in [3.63, 3.8) is 0 Å². The number of hydrogen-bond acceptors (Lipinski definition) is 3. The summed E-state index contributed by atoms with van der Waals surface area (Å²) in [6, 6.07) is 0. The number of ether oxygens (including phenoxy) is 1. The second kappa shape index (κ2) is 9.19. The van der Waals surface area contributed by atoms with Gasteiger partial charge in [-0.1, -0.05) is 32.3 Å². The number of hydrogen-bond donors (Lipinski definition) is 2. The highest BCUT2D eigenvalue weighted by Crippen LogP contribution is 2.07. The van der Waals surface area contributed by atoms with Crippen LogP contribution in [0.2, 0.25) is 0 Å². The molecule has 2 unspecified atom stereocenters. The summed E-state index contributed by atoms with van der Waals surface area (Å²) in [5, 5.41) is 17.6. The Morgan fingerprint density at radius 2 is 2.14 bits per heavy atom. The maximum Gasteiger partial charge on any atom is 0.100 e. The van der Waals surface area contributed by atoms with Gasteiger partial charge in [0.05, 0.1) is 19.3 Å². The highest BCUT2D eigenvalue weighted by molar-refractivity contribution is 4.80. The third kappa shape index (κ3) is 7.06. The first-order chi connectivity index (χ1) is 6.74. The van der Waals surface area contributed by atoms with Crippen molar-refractivity contribution in [2.24, 2.45) is 0 Å². The van der Waals surface area contributed by atoms with E-state index in [4.69, 9.17) is 14.9 Å². The van der Waals surface area contributed by atoms with Crippen LogP contribution in [0.25, 0.3) is 0 Å². The first-order valence-corrected chi connectivity index (χ1v) is 5.27. The van der Waals surface area contributed by atoms with Crippen molar-refractivity contribution < 1.29 is 14.9 Å². The molecule has 0 saturated heterocycles. The van der Waals surface area contributed by atoms with Crippen molar-refractivity contribution in [1.29, 1.82) is 0 Å². The topological polar surface area (TPSA) is 49.7 Å². The Bertz CT molecular complexity index is 136. The highest BCUT2D eigenvalue weighted by atomic mass is 16.5. The zero-order valence-electron chi connectivity index (χ0n) is 8.98. The van der Waals surface area contributed by atoms with Gasteiger partial charge in [-0.15, -0.1) is 6.58 Å². The van der Waals surface area contributed by atoms with Gasteiger partial charge in [0.2, 0.25) is 0 Å². The van der Waals surface area contributed by atoms with Crippen LogP contribution in [0.3, 0.4) is 0 Å². The van der Waals surface area contributed by atoms with Gasteiger partial charge in [-0.25, -0.2) is 0 Å². The summed E-state index contributed by atoms with van der Waals surface area (Å²) in [5.41, 5.74) is 0. The second-order valence-corrected chi connectivity index (χ2v) is 3.44. The van der Waals surface area contributed by atoms with Gasteiger partial charge in [0.25, 0.3) is 0 Å². The molecule has 0 bridgehead atoms. The van der Waals surface area contributed by atoms with E-state index in [1.807, 2.05) is 0 Å². The van der Waals surface area contributed by atoms with E-state index >= 15 is 0 Å². The van der Waals surface area contributed by atoms with E-state index in [1.54, 1.807) is 6.08 Å². The van der Waals surface area contributed by atoms with Crippen molar-refractivity contribution in [2.75, 3.05) is 13.2 Å². The van der Waals surface area contributed by atoms with E-state index in [1.165, 1.54) is 12.8 Å². The molecule has 0 fully saturated rings. The minimum atomic E-state index is -0.774. The Kier molecular flexibility index (Phi) is 8.94. The lowest BCUT2D eigenvalue weighted by molar-refractivity contribution is -0.0163. The maximum atomic E-state index is 9.06. The van der Waals surface area contributed by atoms with Gasteiger partial charge in [0, 0.05) is 0 Å². The highest BCUT2D eigenvalue weighted by Gasteiger charge is 2.07. The molecular formula is C11H22O3. The third-order valence-corrected chi connectivity index (χ3v) is 2.07. The van der Waals surface area contributed by atoms with E-state index in [0.29, 0.717) is 0 Å². The van der Waals surface area contributed by atoms with E-state index < -0.39 is 6.10 Å². The average molecular weight is 202 g/mol. The van der Waals surface area contributed by atoms with Crippen LogP contribution in [0.4, 0.5) is 0 Å². The standard InChI is InChI=1S/C11H22O3/c1-3-5-6-7-11(4-2)14-9-10(13)8-12/h4,10-13H,2-3,5-9H2,1H3. The SMILES string of the molecule is C=CC(CCCCC)OCC(O)CO. The third-order valence-electron chi connectivity index (χ3n) is 2.07. The fourth-order valence-corrected chi connectivity index (χ4v) is 1.15. The van der Waals surface area contributed by atoms with Crippen molar-refractivity contribution in [3.8, 4) is 0 Å². The van der Waals surface area contributed by atoms with Crippen LogP contribution in [0.15, 0.2) is 12.7 Å². The lowest BCUT2D eigenvalue weighted by atomic mass is 10.1. The fraction of sp³-hybridized carbons (Fsp3) is 0.818. The van der Waals surface area contributed by atoms with Crippen LogP contribution in [-0.2, 0) is 4.74 Å². The van der Waals surface area contributed by atoms with Crippen LogP contribution in [-0.4, -0.2) is 35.6 Å². The van der Waals surface area contributed by atoms with Gasteiger partial charge in [-0.05, 0) is 6.42 Å². The van der Waals surface area contributed by atoms with E-state index in [0.717, 1.165) is 12.8 Å². The molecule has 0 rings (SSSR count). The van der Waals surface area contributed by atoms with Crippen molar-refractivity contribution in [3.05, 3.63) is 12.7 Å². The van der Waals surface area contributed by atoms with Gasteiger partial charge in [0.15, 0.2) is 0 Å². The van der Waals surface area contributed by atoms with Gasteiger partial charge in [-0.2, -0.15) is 0 Å². The number of aliphatic hydroxyl groups is 2. The monoisotopic (exact) mass is 202 g/mol. The lowest BCUT2D eigenvalue weighted by Gasteiger charge is -2.15. The van der Waals surface area contributed by atoms with Gasteiger partial charge >= 0.3 is 0 Å². The minimum Gasteiger partial charge on any atom is -0.394 e. The molecule has 84 valence electrons. The van der Waals surface area contributed by atoms with Gasteiger partial charge in [-0.3, -0.25) is 0 Å². The molecule has 0 aromatic rings. The largest absolute Gasteiger partial charge is 0.394 e. The Balaban J connectivity index is 3.52. The average Bonchev–Trinajstić information content (AvgIpc) is 2.22. The molecule has 2 atom stereocenters. The molecule has 3 nitrogen and oxygen atoms in total. The number of aliphatic hydroxyl groups excluding tert-OH is 2. The summed E-state index contributed by atoms with van der Waals surface area (Å²) in [5.74, 6) is 0. The minimum absolute atomic E-state index is 0.00255. The first kappa shape index (κ1) is 13.6. The lowest BCUT2D eigenvalue weighted by Crippen LogP contribution is -2.23. The molecule has 0 heterocycles. The molecule has 14 heavy (non-hydrogen) atoms. The molecule has 0 spiro atoms. The Morgan fingerprint density at radius 3 is 2.64 bits per heavy atom. The van der Waals surface area contributed by atoms with Crippen LogP contribution < -0.4 is 0 Å².